The van der Waals surface area contributed by atoms with Crippen molar-refractivity contribution >= 4 is 22.8 Å². The molecule has 296 valence electrons. The number of aliphatic imine (C=N–C) groups is 4. The summed E-state index contributed by atoms with van der Waals surface area (Å²) in [4.78, 5) is 29.0. The summed E-state index contributed by atoms with van der Waals surface area (Å²) < 4.78 is 0. The van der Waals surface area contributed by atoms with Gasteiger partial charge < -0.3 is 0 Å². The average molecular weight is 721 g/mol. The van der Waals surface area contributed by atoms with E-state index < -0.39 is 0 Å². The minimum Gasteiger partial charge on any atom is -0.296 e. The fraction of sp³-hybridized carbons (Fsp3) is 0.909. The van der Waals surface area contributed by atoms with Crippen LogP contribution < -0.4 is 0 Å². The van der Waals surface area contributed by atoms with Crippen molar-refractivity contribution in [2.45, 2.75) is 183 Å². The van der Waals surface area contributed by atoms with E-state index in [1.54, 1.807) is 0 Å². The lowest BCUT2D eigenvalue weighted by Crippen LogP contribution is -2.40. The normalized spacial score (nSPS) is 34.9. The van der Waals surface area contributed by atoms with Crippen LogP contribution in [-0.4, -0.2) is 141 Å². The van der Waals surface area contributed by atoms with Crippen LogP contribution in [0.3, 0.4) is 0 Å². The van der Waals surface area contributed by atoms with Crippen molar-refractivity contribution in [3.8, 4) is 0 Å². The Morgan fingerprint density at radius 3 is 0.635 bits per heavy atom. The van der Waals surface area contributed by atoms with E-state index in [1.165, 1.54) is 101 Å². The highest BCUT2D eigenvalue weighted by atomic mass is 15.3. The molecule has 8 heteroatoms. The second-order valence-electron chi connectivity index (χ2n) is 21.9. The van der Waals surface area contributed by atoms with E-state index in [-0.39, 0.29) is 0 Å². The number of rotatable bonds is 0. The van der Waals surface area contributed by atoms with Gasteiger partial charge in [-0.25, -0.2) is 0 Å². The van der Waals surface area contributed by atoms with Gasteiger partial charge in [0.25, 0.3) is 0 Å². The van der Waals surface area contributed by atoms with Gasteiger partial charge in [-0.05, 0) is 136 Å². The molecule has 4 fully saturated rings. The Bertz CT molecular complexity index is 1160. The molecule has 0 aromatic rings. The predicted molar refractivity (Wildman–Crippen MR) is 225 cm³/mol. The Balaban J connectivity index is 0.000000134. The van der Waals surface area contributed by atoms with Gasteiger partial charge in [0.05, 0.1) is 24.2 Å². The first-order chi connectivity index (χ1) is 23.9. The van der Waals surface area contributed by atoms with Gasteiger partial charge in [0, 0.05) is 121 Å². The molecule has 0 aliphatic carbocycles. The Kier molecular flexibility index (Phi) is 12.5. The zero-order valence-corrected chi connectivity index (χ0v) is 36.7. The fourth-order valence-electron chi connectivity index (χ4n) is 9.86. The summed E-state index contributed by atoms with van der Waals surface area (Å²) in [6.07, 6.45) is 4.93. The van der Waals surface area contributed by atoms with E-state index in [9.17, 15) is 0 Å². The first kappa shape index (κ1) is 41.7. The lowest BCUT2D eigenvalue weighted by Gasteiger charge is -2.31. The lowest BCUT2D eigenvalue weighted by molar-refractivity contribution is 0.167. The molecule has 8 heterocycles. The third-order valence-corrected chi connectivity index (χ3v) is 13.2. The van der Waals surface area contributed by atoms with E-state index in [0.29, 0.717) is 46.3 Å². The van der Waals surface area contributed by atoms with Crippen molar-refractivity contribution < 1.29 is 0 Å². The SMILES string of the molecule is CC1=N[C@@H]2CN(C(C)(C)C)C[C@H]2C1.CC1=N[C@@H]2CN(C(C)(C)C)C[C@H]2C1.CC1=N[C@H]2CN(C(C)(C)C)C[C@@H]2C1.CC1=N[C@H]2CN(C(C)(C)C)C[C@@H]2C1. The van der Waals surface area contributed by atoms with Crippen molar-refractivity contribution in [3.05, 3.63) is 0 Å². The molecule has 8 rings (SSSR count). The number of fused-ring (bicyclic) bond motifs is 4. The zero-order valence-electron chi connectivity index (χ0n) is 36.7. The summed E-state index contributed by atoms with van der Waals surface area (Å²) in [5.41, 5.74) is 6.77. The molecule has 52 heavy (non-hydrogen) atoms. The minimum atomic E-state index is 0.327. The summed E-state index contributed by atoms with van der Waals surface area (Å²) >= 11 is 0. The van der Waals surface area contributed by atoms with E-state index in [2.05, 4.69) is 150 Å². The average Bonchev–Trinajstić information content (AvgIpc) is 3.78. The Hall–Kier alpha value is -1.48. The van der Waals surface area contributed by atoms with Crippen LogP contribution in [0, 0.1) is 23.7 Å². The van der Waals surface area contributed by atoms with Crippen LogP contribution in [0.15, 0.2) is 20.0 Å². The van der Waals surface area contributed by atoms with Crippen LogP contribution in [0.1, 0.15) is 136 Å². The van der Waals surface area contributed by atoms with Crippen LogP contribution >= 0.6 is 0 Å². The summed E-state index contributed by atoms with van der Waals surface area (Å²) in [6.45, 7) is 45.9. The van der Waals surface area contributed by atoms with Gasteiger partial charge in [0.1, 0.15) is 0 Å². The predicted octanol–water partition coefficient (Wildman–Crippen LogP) is 7.80. The summed E-state index contributed by atoms with van der Waals surface area (Å²) in [5, 5.41) is 0. The molecule has 0 N–H and O–H groups in total. The molecule has 0 aromatic heterocycles. The van der Waals surface area contributed by atoms with E-state index in [0.717, 1.165) is 23.7 Å². The van der Waals surface area contributed by atoms with Gasteiger partial charge >= 0.3 is 0 Å². The third-order valence-electron chi connectivity index (χ3n) is 13.2. The molecule has 0 radical (unpaired) electrons. The summed E-state index contributed by atoms with van der Waals surface area (Å²) in [7, 11) is 0. The van der Waals surface area contributed by atoms with Crippen LogP contribution in [0.5, 0.6) is 0 Å². The molecule has 4 saturated heterocycles. The first-order valence-corrected chi connectivity index (χ1v) is 21.0. The third kappa shape index (κ3) is 10.4. The molecule has 8 aliphatic heterocycles. The second kappa shape index (κ2) is 15.6. The van der Waals surface area contributed by atoms with Crippen LogP contribution in [0.2, 0.25) is 0 Å². The summed E-state index contributed by atoms with van der Waals surface area (Å²) in [5.74, 6) is 3.27. The largest absolute Gasteiger partial charge is 0.296 e. The highest BCUT2D eigenvalue weighted by molar-refractivity contribution is 5.85. The van der Waals surface area contributed by atoms with Gasteiger partial charge in [-0.1, -0.05) is 0 Å². The molecule has 0 saturated carbocycles. The molecule has 8 nitrogen and oxygen atoms in total. The van der Waals surface area contributed by atoms with Crippen molar-refractivity contribution in [1.82, 2.24) is 19.6 Å². The minimum absolute atomic E-state index is 0.327. The number of hydrogen-bond donors (Lipinski definition) is 0. The van der Waals surface area contributed by atoms with Gasteiger partial charge in [-0.2, -0.15) is 0 Å². The van der Waals surface area contributed by atoms with Crippen molar-refractivity contribution in [1.29, 1.82) is 0 Å². The maximum absolute atomic E-state index is 4.69. The highest BCUT2D eigenvalue weighted by Crippen LogP contribution is 2.36. The van der Waals surface area contributed by atoms with Crippen molar-refractivity contribution in [3.63, 3.8) is 0 Å². The first-order valence-electron chi connectivity index (χ1n) is 21.0. The maximum atomic E-state index is 4.69. The quantitative estimate of drug-likeness (QED) is 0.256. The maximum Gasteiger partial charge on any atom is 0.0669 e. The number of likely N-dealkylation sites (tertiary alicyclic amines) is 4. The van der Waals surface area contributed by atoms with Gasteiger partial charge in [-0.15, -0.1) is 0 Å². The van der Waals surface area contributed by atoms with Crippen LogP contribution in [0.4, 0.5) is 0 Å². The molecular formula is C44H80N8. The molecule has 0 unspecified atom stereocenters. The van der Waals surface area contributed by atoms with Gasteiger partial charge in [0.2, 0.25) is 0 Å². The lowest BCUT2D eigenvalue weighted by atomic mass is 10.0. The van der Waals surface area contributed by atoms with Crippen LogP contribution in [0.25, 0.3) is 0 Å². The topological polar surface area (TPSA) is 62.4 Å². The molecule has 8 aliphatic rings. The summed E-state index contributed by atoms with van der Waals surface area (Å²) in [6, 6.07) is 2.44. The molecule has 0 aromatic carbocycles. The Morgan fingerprint density at radius 2 is 0.500 bits per heavy atom. The second-order valence-corrected chi connectivity index (χ2v) is 21.9. The van der Waals surface area contributed by atoms with E-state index >= 15 is 0 Å². The highest BCUT2D eigenvalue weighted by Gasteiger charge is 2.43. The van der Waals surface area contributed by atoms with E-state index in [4.69, 9.17) is 0 Å². The molecule has 0 bridgehead atoms. The standard InChI is InChI=1S/4C11H20N2/c4*1-8-5-9-6-13(11(2,3)4)7-10(9)12-8/h4*9-10H,5-7H2,1-4H3/t4*9-,10-/m1100/s1. The number of hydrogen-bond acceptors (Lipinski definition) is 8. The Morgan fingerprint density at radius 1 is 0.327 bits per heavy atom. The van der Waals surface area contributed by atoms with Gasteiger partial charge in [-0.3, -0.25) is 39.6 Å². The van der Waals surface area contributed by atoms with Crippen LogP contribution in [-0.2, 0) is 0 Å². The molecule has 0 amide bonds. The van der Waals surface area contributed by atoms with Crippen molar-refractivity contribution in [2.75, 3.05) is 52.4 Å². The molecule has 8 atom stereocenters. The van der Waals surface area contributed by atoms with E-state index in [1.807, 2.05) is 0 Å². The zero-order chi connectivity index (χ0) is 38.6. The fourth-order valence-corrected chi connectivity index (χ4v) is 9.86. The molecular weight excluding hydrogens is 641 g/mol. The monoisotopic (exact) mass is 721 g/mol. The van der Waals surface area contributed by atoms with Crippen molar-refractivity contribution in [2.24, 2.45) is 43.6 Å². The number of nitrogens with zero attached hydrogens (tertiary/aromatic N) is 8. The smallest absolute Gasteiger partial charge is 0.0669 e. The Labute approximate surface area is 320 Å². The van der Waals surface area contributed by atoms with Gasteiger partial charge in [0.15, 0.2) is 0 Å². The molecule has 0 spiro atoms.